The minimum Gasteiger partial charge on any atom is -0.496 e. The fraction of sp³-hybridized carbons (Fsp3) is 0.143. The third-order valence-corrected chi connectivity index (χ3v) is 3.44. The number of halogens is 2. The smallest absolute Gasteiger partial charge is 0.126 e. The minimum atomic E-state index is 0.730. The van der Waals surface area contributed by atoms with Crippen molar-refractivity contribution in [1.29, 1.82) is 0 Å². The highest BCUT2D eigenvalue weighted by Gasteiger charge is 2.07. The van der Waals surface area contributed by atoms with Gasteiger partial charge in [0, 0.05) is 15.9 Å². The highest BCUT2D eigenvalue weighted by Crippen LogP contribution is 2.32. The van der Waals surface area contributed by atoms with Crippen LogP contribution < -0.4 is 4.74 Å². The lowest BCUT2D eigenvalue weighted by Crippen LogP contribution is -1.89. The fourth-order valence-corrected chi connectivity index (χ4v) is 2.26. The monoisotopic (exact) mass is 310 g/mol. The molecule has 88 valence electrons. The lowest BCUT2D eigenvalue weighted by molar-refractivity contribution is 0.416. The first-order valence-electron chi connectivity index (χ1n) is 5.23. The van der Waals surface area contributed by atoms with Crippen LogP contribution in [0, 0.1) is 0 Å². The standard InChI is InChI=1S/C14H12BrClO/c1-17-14-6-5-10(9-15)7-13(14)11-3-2-4-12(16)8-11/h2-8H,9H2,1H3. The maximum Gasteiger partial charge on any atom is 0.126 e. The van der Waals surface area contributed by atoms with E-state index in [0.717, 1.165) is 27.2 Å². The molecule has 2 aromatic carbocycles. The molecule has 0 atom stereocenters. The van der Waals surface area contributed by atoms with Gasteiger partial charge in [0.15, 0.2) is 0 Å². The van der Waals surface area contributed by atoms with E-state index in [1.807, 2.05) is 36.4 Å². The van der Waals surface area contributed by atoms with Crippen LogP contribution in [-0.4, -0.2) is 7.11 Å². The van der Waals surface area contributed by atoms with Gasteiger partial charge in [0.05, 0.1) is 7.11 Å². The molecule has 2 aromatic rings. The van der Waals surface area contributed by atoms with E-state index in [0.29, 0.717) is 0 Å². The average Bonchev–Trinajstić information content (AvgIpc) is 2.38. The number of hydrogen-bond donors (Lipinski definition) is 0. The lowest BCUT2D eigenvalue weighted by atomic mass is 10.0. The first-order chi connectivity index (χ1) is 8.24. The molecular formula is C14H12BrClO. The third-order valence-electron chi connectivity index (χ3n) is 2.55. The number of methoxy groups -OCH3 is 1. The van der Waals surface area contributed by atoms with Crippen molar-refractivity contribution in [3.05, 3.63) is 53.1 Å². The molecule has 0 aliphatic heterocycles. The second kappa shape index (κ2) is 5.56. The van der Waals surface area contributed by atoms with Crippen molar-refractivity contribution in [2.75, 3.05) is 7.11 Å². The van der Waals surface area contributed by atoms with Crippen LogP contribution in [0.4, 0.5) is 0 Å². The number of ether oxygens (including phenoxy) is 1. The molecule has 0 radical (unpaired) electrons. The number of alkyl halides is 1. The van der Waals surface area contributed by atoms with Gasteiger partial charge in [-0.2, -0.15) is 0 Å². The molecule has 0 unspecified atom stereocenters. The van der Waals surface area contributed by atoms with Gasteiger partial charge in [-0.1, -0.05) is 45.7 Å². The maximum absolute atomic E-state index is 6.01. The quantitative estimate of drug-likeness (QED) is 0.732. The summed E-state index contributed by atoms with van der Waals surface area (Å²) in [6.07, 6.45) is 0. The zero-order valence-electron chi connectivity index (χ0n) is 9.41. The van der Waals surface area contributed by atoms with Crippen molar-refractivity contribution in [1.82, 2.24) is 0 Å². The Balaban J connectivity index is 2.56. The SMILES string of the molecule is COc1ccc(CBr)cc1-c1cccc(Cl)c1. The molecule has 0 fully saturated rings. The normalized spacial score (nSPS) is 10.3. The molecule has 0 amide bonds. The van der Waals surface area contributed by atoms with E-state index in [9.17, 15) is 0 Å². The van der Waals surface area contributed by atoms with Crippen LogP contribution >= 0.6 is 27.5 Å². The molecule has 2 rings (SSSR count). The van der Waals surface area contributed by atoms with Crippen LogP contribution in [-0.2, 0) is 5.33 Å². The predicted molar refractivity (Wildman–Crippen MR) is 76.1 cm³/mol. The van der Waals surface area contributed by atoms with E-state index in [4.69, 9.17) is 16.3 Å². The Labute approximate surface area is 115 Å². The van der Waals surface area contributed by atoms with E-state index in [2.05, 4.69) is 22.0 Å². The van der Waals surface area contributed by atoms with E-state index < -0.39 is 0 Å². The largest absolute Gasteiger partial charge is 0.496 e. The molecule has 0 saturated carbocycles. The molecule has 3 heteroatoms. The van der Waals surface area contributed by atoms with Gasteiger partial charge in [-0.3, -0.25) is 0 Å². The van der Waals surface area contributed by atoms with Crippen LogP contribution in [0.1, 0.15) is 5.56 Å². The Morgan fingerprint density at radius 3 is 2.65 bits per heavy atom. The van der Waals surface area contributed by atoms with Crippen molar-refractivity contribution in [3.63, 3.8) is 0 Å². The molecule has 0 heterocycles. The van der Waals surface area contributed by atoms with Crippen molar-refractivity contribution in [2.45, 2.75) is 5.33 Å². The van der Waals surface area contributed by atoms with E-state index in [-0.39, 0.29) is 0 Å². The van der Waals surface area contributed by atoms with Crippen molar-refractivity contribution < 1.29 is 4.74 Å². The molecule has 17 heavy (non-hydrogen) atoms. The van der Waals surface area contributed by atoms with E-state index in [1.54, 1.807) is 7.11 Å². The van der Waals surface area contributed by atoms with Crippen LogP contribution in [0.15, 0.2) is 42.5 Å². The second-order valence-electron chi connectivity index (χ2n) is 3.68. The summed E-state index contributed by atoms with van der Waals surface area (Å²) in [4.78, 5) is 0. The van der Waals surface area contributed by atoms with Gasteiger partial charge >= 0.3 is 0 Å². The maximum atomic E-state index is 6.01. The molecule has 0 saturated heterocycles. The molecule has 0 aliphatic carbocycles. The predicted octanol–water partition coefficient (Wildman–Crippen LogP) is 4.91. The Kier molecular flexibility index (Phi) is 4.08. The van der Waals surface area contributed by atoms with Crippen molar-refractivity contribution in [2.24, 2.45) is 0 Å². The highest BCUT2D eigenvalue weighted by atomic mass is 79.9. The third kappa shape index (κ3) is 2.82. The van der Waals surface area contributed by atoms with E-state index >= 15 is 0 Å². The molecule has 0 aliphatic rings. The summed E-state index contributed by atoms with van der Waals surface area (Å²) in [6.45, 7) is 0. The number of benzene rings is 2. The zero-order valence-corrected chi connectivity index (χ0v) is 11.8. The first-order valence-corrected chi connectivity index (χ1v) is 6.73. The van der Waals surface area contributed by atoms with Crippen molar-refractivity contribution in [3.8, 4) is 16.9 Å². The topological polar surface area (TPSA) is 9.23 Å². The van der Waals surface area contributed by atoms with Crippen LogP contribution in [0.2, 0.25) is 5.02 Å². The highest BCUT2D eigenvalue weighted by molar-refractivity contribution is 9.08. The summed E-state index contributed by atoms with van der Waals surface area (Å²) >= 11 is 9.47. The minimum absolute atomic E-state index is 0.730. The molecule has 0 aromatic heterocycles. The van der Waals surface area contributed by atoms with Gasteiger partial charge in [0.2, 0.25) is 0 Å². The van der Waals surface area contributed by atoms with E-state index in [1.165, 1.54) is 5.56 Å². The summed E-state index contributed by atoms with van der Waals surface area (Å²) in [5.41, 5.74) is 3.34. The van der Waals surface area contributed by atoms with Gasteiger partial charge in [0.25, 0.3) is 0 Å². The Morgan fingerprint density at radius 2 is 2.00 bits per heavy atom. The summed E-state index contributed by atoms with van der Waals surface area (Å²) in [6, 6.07) is 13.9. The Bertz CT molecular complexity index is 525. The van der Waals surface area contributed by atoms with Crippen LogP contribution in [0.3, 0.4) is 0 Å². The molecular weight excluding hydrogens is 300 g/mol. The Hall–Kier alpha value is -0.990. The van der Waals surface area contributed by atoms with Gasteiger partial charge < -0.3 is 4.74 Å². The van der Waals surface area contributed by atoms with Gasteiger partial charge in [0.1, 0.15) is 5.75 Å². The molecule has 1 nitrogen and oxygen atoms in total. The van der Waals surface area contributed by atoms with Gasteiger partial charge in [-0.25, -0.2) is 0 Å². The molecule has 0 spiro atoms. The fourth-order valence-electron chi connectivity index (χ4n) is 1.72. The number of hydrogen-bond acceptors (Lipinski definition) is 1. The summed E-state index contributed by atoms with van der Waals surface area (Å²) in [7, 11) is 1.68. The van der Waals surface area contributed by atoms with Gasteiger partial charge in [-0.15, -0.1) is 0 Å². The zero-order chi connectivity index (χ0) is 12.3. The summed E-state index contributed by atoms with van der Waals surface area (Å²) < 4.78 is 5.38. The number of rotatable bonds is 3. The van der Waals surface area contributed by atoms with Crippen molar-refractivity contribution >= 4 is 27.5 Å². The molecule has 0 N–H and O–H groups in total. The summed E-state index contributed by atoms with van der Waals surface area (Å²) in [5.74, 6) is 0.858. The second-order valence-corrected chi connectivity index (χ2v) is 4.68. The first kappa shape index (κ1) is 12.5. The Morgan fingerprint density at radius 1 is 1.18 bits per heavy atom. The summed E-state index contributed by atoms with van der Waals surface area (Å²) in [5, 5.41) is 1.55. The van der Waals surface area contributed by atoms with Crippen LogP contribution in [0.5, 0.6) is 5.75 Å². The molecule has 0 bridgehead atoms. The van der Waals surface area contributed by atoms with Gasteiger partial charge in [-0.05, 0) is 35.4 Å². The van der Waals surface area contributed by atoms with Crippen LogP contribution in [0.25, 0.3) is 11.1 Å². The lowest BCUT2D eigenvalue weighted by Gasteiger charge is -2.10. The average molecular weight is 312 g/mol.